The molecule has 0 spiro atoms. The second-order valence-corrected chi connectivity index (χ2v) is 4.43. The minimum absolute atomic E-state index is 0.00240. The van der Waals surface area contributed by atoms with Crippen molar-refractivity contribution in [2.45, 2.75) is 32.6 Å². The predicted molar refractivity (Wildman–Crippen MR) is 72.1 cm³/mol. The Morgan fingerprint density at radius 3 is 2.44 bits per heavy atom. The Kier molecular flexibility index (Phi) is 5.91. The fourth-order valence-electron chi connectivity index (χ4n) is 1.61. The number of nitrogens with two attached hydrogens (primary N) is 1. The van der Waals surface area contributed by atoms with E-state index >= 15 is 0 Å². The molecule has 0 heterocycles. The molecule has 0 saturated carbocycles. The maximum atomic E-state index is 11.6. The molecule has 0 bridgehead atoms. The summed E-state index contributed by atoms with van der Waals surface area (Å²) in [7, 11) is 0. The van der Waals surface area contributed by atoms with Crippen molar-refractivity contribution in [2.75, 3.05) is 12.3 Å². The Labute approximate surface area is 108 Å². The highest BCUT2D eigenvalue weighted by atomic mass is 16.1. The summed E-state index contributed by atoms with van der Waals surface area (Å²) in [5.74, 6) is 0.200. The molecule has 0 radical (unpaired) electrons. The summed E-state index contributed by atoms with van der Waals surface area (Å²) in [5, 5.41) is 2.84. The Morgan fingerprint density at radius 2 is 1.83 bits per heavy atom. The zero-order valence-corrected chi connectivity index (χ0v) is 10.7. The first-order valence-electron chi connectivity index (χ1n) is 6.18. The molecular weight excluding hydrogens is 228 g/mol. The number of amides is 1. The van der Waals surface area contributed by atoms with Gasteiger partial charge in [-0.25, -0.2) is 0 Å². The Morgan fingerprint density at radius 1 is 1.17 bits per heavy atom. The average molecular weight is 248 g/mol. The third-order valence-electron chi connectivity index (χ3n) is 2.62. The molecule has 0 fully saturated rings. The lowest BCUT2D eigenvalue weighted by Crippen LogP contribution is -2.26. The largest absolute Gasteiger partial charge is 0.399 e. The second-order valence-electron chi connectivity index (χ2n) is 4.43. The van der Waals surface area contributed by atoms with E-state index in [0.717, 1.165) is 18.4 Å². The van der Waals surface area contributed by atoms with Crippen molar-refractivity contribution in [1.29, 1.82) is 0 Å². The van der Waals surface area contributed by atoms with Crippen molar-refractivity contribution >= 4 is 17.4 Å². The van der Waals surface area contributed by atoms with Crippen molar-refractivity contribution in [1.82, 2.24) is 5.32 Å². The van der Waals surface area contributed by atoms with Gasteiger partial charge in [-0.05, 0) is 37.5 Å². The minimum atomic E-state index is 0.00240. The molecule has 0 aliphatic heterocycles. The number of rotatable bonds is 7. The maximum Gasteiger partial charge on any atom is 0.224 e. The van der Waals surface area contributed by atoms with E-state index in [-0.39, 0.29) is 11.7 Å². The molecular formula is C14H20N2O2. The molecule has 0 aromatic heterocycles. The first kappa shape index (κ1) is 14.2. The summed E-state index contributed by atoms with van der Waals surface area (Å²) in [6.07, 6.45) is 2.63. The molecule has 18 heavy (non-hydrogen) atoms. The summed E-state index contributed by atoms with van der Waals surface area (Å²) < 4.78 is 0. The fraction of sp³-hybridized carbons (Fsp3) is 0.429. The Balaban J connectivity index is 2.17. The van der Waals surface area contributed by atoms with Gasteiger partial charge in [0, 0.05) is 18.7 Å². The first-order chi connectivity index (χ1) is 8.58. The van der Waals surface area contributed by atoms with E-state index < -0.39 is 0 Å². The summed E-state index contributed by atoms with van der Waals surface area (Å²) in [6, 6.07) is 7.28. The van der Waals surface area contributed by atoms with Crippen LogP contribution < -0.4 is 11.1 Å². The van der Waals surface area contributed by atoms with Crippen LogP contribution in [0.2, 0.25) is 0 Å². The van der Waals surface area contributed by atoms with E-state index in [2.05, 4.69) is 5.32 Å². The van der Waals surface area contributed by atoms with Gasteiger partial charge in [-0.1, -0.05) is 12.1 Å². The SMILES string of the molecule is CC(=O)CCCCNC(=O)Cc1ccc(N)cc1. The van der Waals surface area contributed by atoms with Gasteiger partial charge in [-0.2, -0.15) is 0 Å². The van der Waals surface area contributed by atoms with Crippen LogP contribution in [-0.4, -0.2) is 18.2 Å². The first-order valence-corrected chi connectivity index (χ1v) is 6.18. The second kappa shape index (κ2) is 7.48. The number of carbonyl (C=O) groups excluding carboxylic acids is 2. The van der Waals surface area contributed by atoms with Gasteiger partial charge in [0.05, 0.1) is 6.42 Å². The van der Waals surface area contributed by atoms with Gasteiger partial charge in [-0.15, -0.1) is 0 Å². The smallest absolute Gasteiger partial charge is 0.224 e. The zero-order valence-electron chi connectivity index (χ0n) is 10.7. The highest BCUT2D eigenvalue weighted by Crippen LogP contribution is 2.05. The lowest BCUT2D eigenvalue weighted by Gasteiger charge is -2.05. The van der Waals surface area contributed by atoms with Crippen LogP contribution in [0, 0.1) is 0 Å². The van der Waals surface area contributed by atoms with Gasteiger partial charge < -0.3 is 15.8 Å². The van der Waals surface area contributed by atoms with Crippen LogP contribution in [0.1, 0.15) is 31.7 Å². The molecule has 3 N–H and O–H groups in total. The number of ketones is 1. The summed E-state index contributed by atoms with van der Waals surface area (Å²) in [6.45, 7) is 2.21. The monoisotopic (exact) mass is 248 g/mol. The molecule has 1 amide bonds. The van der Waals surface area contributed by atoms with E-state index in [1.807, 2.05) is 12.1 Å². The minimum Gasteiger partial charge on any atom is -0.399 e. The zero-order chi connectivity index (χ0) is 13.4. The van der Waals surface area contributed by atoms with Gasteiger partial charge in [0.25, 0.3) is 0 Å². The normalized spacial score (nSPS) is 10.1. The highest BCUT2D eigenvalue weighted by Gasteiger charge is 2.02. The van der Waals surface area contributed by atoms with Crippen molar-refractivity contribution < 1.29 is 9.59 Å². The lowest BCUT2D eigenvalue weighted by atomic mass is 10.1. The quantitative estimate of drug-likeness (QED) is 0.569. The van der Waals surface area contributed by atoms with E-state index in [9.17, 15) is 9.59 Å². The molecule has 1 aromatic carbocycles. The lowest BCUT2D eigenvalue weighted by molar-refractivity contribution is -0.120. The number of benzene rings is 1. The number of unbranched alkanes of at least 4 members (excludes halogenated alkanes) is 1. The van der Waals surface area contributed by atoms with Gasteiger partial charge in [0.2, 0.25) is 5.91 Å². The van der Waals surface area contributed by atoms with E-state index in [1.54, 1.807) is 19.1 Å². The van der Waals surface area contributed by atoms with Crippen LogP contribution in [-0.2, 0) is 16.0 Å². The van der Waals surface area contributed by atoms with E-state index in [0.29, 0.717) is 25.1 Å². The number of Topliss-reactive ketones (excluding diaryl/α,β-unsaturated/α-hetero) is 1. The number of anilines is 1. The highest BCUT2D eigenvalue weighted by molar-refractivity contribution is 5.78. The Hall–Kier alpha value is -1.84. The average Bonchev–Trinajstić information content (AvgIpc) is 2.31. The number of nitrogens with one attached hydrogen (secondary N) is 1. The Bertz CT molecular complexity index is 399. The van der Waals surface area contributed by atoms with E-state index in [1.165, 1.54) is 0 Å². The molecule has 0 atom stereocenters. The molecule has 1 aromatic rings. The molecule has 0 aliphatic carbocycles. The van der Waals surface area contributed by atoms with Crippen molar-refractivity contribution in [3.63, 3.8) is 0 Å². The standard InChI is InChI=1S/C14H20N2O2/c1-11(17)4-2-3-9-16-14(18)10-12-5-7-13(15)8-6-12/h5-8H,2-4,9-10,15H2,1H3,(H,16,18). The van der Waals surface area contributed by atoms with Gasteiger partial charge in [0.1, 0.15) is 5.78 Å². The molecule has 1 rings (SSSR count). The summed E-state index contributed by atoms with van der Waals surface area (Å²) in [5.41, 5.74) is 7.21. The molecule has 0 saturated heterocycles. The fourth-order valence-corrected chi connectivity index (χ4v) is 1.61. The number of hydrogen-bond acceptors (Lipinski definition) is 3. The van der Waals surface area contributed by atoms with Crippen molar-refractivity contribution in [3.05, 3.63) is 29.8 Å². The van der Waals surface area contributed by atoms with Gasteiger partial charge in [-0.3, -0.25) is 4.79 Å². The van der Waals surface area contributed by atoms with E-state index in [4.69, 9.17) is 5.73 Å². The molecule has 0 unspecified atom stereocenters. The number of hydrogen-bond donors (Lipinski definition) is 2. The maximum absolute atomic E-state index is 11.6. The van der Waals surface area contributed by atoms with Gasteiger partial charge >= 0.3 is 0 Å². The van der Waals surface area contributed by atoms with Crippen LogP contribution in [0.4, 0.5) is 5.69 Å². The van der Waals surface area contributed by atoms with Crippen LogP contribution >= 0.6 is 0 Å². The van der Waals surface area contributed by atoms with Crippen LogP contribution in [0.5, 0.6) is 0 Å². The van der Waals surface area contributed by atoms with Gasteiger partial charge in [0.15, 0.2) is 0 Å². The van der Waals surface area contributed by atoms with Crippen molar-refractivity contribution in [2.24, 2.45) is 0 Å². The van der Waals surface area contributed by atoms with Crippen LogP contribution in [0.15, 0.2) is 24.3 Å². The topological polar surface area (TPSA) is 72.2 Å². The molecule has 4 nitrogen and oxygen atoms in total. The van der Waals surface area contributed by atoms with Crippen LogP contribution in [0.25, 0.3) is 0 Å². The molecule has 4 heteroatoms. The number of nitrogen functional groups attached to an aromatic ring is 1. The van der Waals surface area contributed by atoms with Crippen molar-refractivity contribution in [3.8, 4) is 0 Å². The third kappa shape index (κ3) is 6.03. The summed E-state index contributed by atoms with van der Waals surface area (Å²) in [4.78, 5) is 22.3. The number of carbonyl (C=O) groups is 2. The molecule has 98 valence electrons. The summed E-state index contributed by atoms with van der Waals surface area (Å²) >= 11 is 0. The third-order valence-corrected chi connectivity index (χ3v) is 2.62. The molecule has 0 aliphatic rings. The predicted octanol–water partition coefficient (Wildman–Crippen LogP) is 1.69. The van der Waals surface area contributed by atoms with Crippen LogP contribution in [0.3, 0.4) is 0 Å².